The van der Waals surface area contributed by atoms with Crippen molar-refractivity contribution in [2.75, 3.05) is 0 Å². The fourth-order valence-corrected chi connectivity index (χ4v) is 2.80. The standard InChI is InChI=1S/C21H24F2N2O3/c1-13-4-6-17(7-5-13)19(25-15(3)26)12-20(27)24-14(2)16-8-10-18(11-9-16)28-21(22)23/h4-11,14,19,21H,12H2,1-3H3,(H,24,27)(H,25,26). The molecule has 150 valence electrons. The van der Waals surface area contributed by atoms with Crippen molar-refractivity contribution in [3.05, 3.63) is 65.2 Å². The van der Waals surface area contributed by atoms with Crippen LogP contribution in [0.15, 0.2) is 48.5 Å². The highest BCUT2D eigenvalue weighted by Gasteiger charge is 2.19. The highest BCUT2D eigenvalue weighted by atomic mass is 19.3. The summed E-state index contributed by atoms with van der Waals surface area (Å²) in [7, 11) is 0. The second-order valence-electron chi connectivity index (χ2n) is 6.60. The number of carbonyl (C=O) groups is 2. The highest BCUT2D eigenvalue weighted by Crippen LogP contribution is 2.21. The number of ether oxygens (including phenoxy) is 1. The van der Waals surface area contributed by atoms with E-state index in [-0.39, 0.29) is 30.0 Å². The number of alkyl halides is 2. The van der Waals surface area contributed by atoms with E-state index in [4.69, 9.17) is 0 Å². The molecule has 0 aromatic heterocycles. The van der Waals surface area contributed by atoms with Gasteiger partial charge in [0.15, 0.2) is 0 Å². The Morgan fingerprint density at radius 3 is 2.07 bits per heavy atom. The summed E-state index contributed by atoms with van der Waals surface area (Å²) in [5, 5.41) is 5.66. The maximum atomic E-state index is 12.5. The van der Waals surface area contributed by atoms with E-state index in [9.17, 15) is 18.4 Å². The lowest BCUT2D eigenvalue weighted by Crippen LogP contribution is -2.33. The van der Waals surface area contributed by atoms with E-state index < -0.39 is 12.7 Å². The lowest BCUT2D eigenvalue weighted by Gasteiger charge is -2.20. The zero-order valence-corrected chi connectivity index (χ0v) is 16.0. The number of hydrogen-bond acceptors (Lipinski definition) is 3. The third-order valence-corrected chi connectivity index (χ3v) is 4.23. The van der Waals surface area contributed by atoms with Crippen LogP contribution in [-0.4, -0.2) is 18.4 Å². The van der Waals surface area contributed by atoms with Crippen molar-refractivity contribution in [3.63, 3.8) is 0 Å². The number of benzene rings is 2. The first-order valence-corrected chi connectivity index (χ1v) is 8.92. The van der Waals surface area contributed by atoms with Crippen LogP contribution in [0.2, 0.25) is 0 Å². The molecule has 2 rings (SSSR count). The molecule has 0 aliphatic rings. The minimum absolute atomic E-state index is 0.0577. The molecule has 2 amide bonds. The molecule has 7 heteroatoms. The van der Waals surface area contributed by atoms with Crippen LogP contribution >= 0.6 is 0 Å². The normalized spacial score (nSPS) is 12.9. The van der Waals surface area contributed by atoms with Gasteiger partial charge >= 0.3 is 6.61 Å². The first kappa shape index (κ1) is 21.3. The molecule has 2 N–H and O–H groups in total. The predicted molar refractivity (Wildman–Crippen MR) is 102 cm³/mol. The lowest BCUT2D eigenvalue weighted by molar-refractivity contribution is -0.123. The maximum Gasteiger partial charge on any atom is 0.387 e. The SMILES string of the molecule is CC(=O)NC(CC(=O)NC(C)c1ccc(OC(F)F)cc1)c1ccc(C)cc1. The van der Waals surface area contributed by atoms with Gasteiger partial charge in [0.2, 0.25) is 11.8 Å². The third-order valence-electron chi connectivity index (χ3n) is 4.23. The molecule has 0 fully saturated rings. The van der Waals surface area contributed by atoms with E-state index >= 15 is 0 Å². The minimum atomic E-state index is -2.88. The van der Waals surface area contributed by atoms with Crippen LogP contribution in [-0.2, 0) is 9.59 Å². The van der Waals surface area contributed by atoms with Crippen molar-refractivity contribution < 1.29 is 23.1 Å². The van der Waals surface area contributed by atoms with Gasteiger partial charge in [0.1, 0.15) is 5.75 Å². The second-order valence-corrected chi connectivity index (χ2v) is 6.60. The van der Waals surface area contributed by atoms with Crippen molar-refractivity contribution in [1.82, 2.24) is 10.6 Å². The van der Waals surface area contributed by atoms with Gasteiger partial charge in [0, 0.05) is 6.92 Å². The first-order chi connectivity index (χ1) is 13.2. The number of nitrogens with one attached hydrogen (secondary N) is 2. The number of aryl methyl sites for hydroxylation is 1. The van der Waals surface area contributed by atoms with Crippen molar-refractivity contribution >= 4 is 11.8 Å². The topological polar surface area (TPSA) is 67.4 Å². The minimum Gasteiger partial charge on any atom is -0.435 e. The summed E-state index contributed by atoms with van der Waals surface area (Å²) in [4.78, 5) is 24.0. The fraction of sp³-hybridized carbons (Fsp3) is 0.333. The van der Waals surface area contributed by atoms with Gasteiger partial charge in [0.05, 0.1) is 18.5 Å². The summed E-state index contributed by atoms with van der Waals surface area (Å²) in [6.07, 6.45) is 0.0829. The van der Waals surface area contributed by atoms with Crippen molar-refractivity contribution in [2.24, 2.45) is 0 Å². The van der Waals surface area contributed by atoms with Gasteiger partial charge in [-0.3, -0.25) is 9.59 Å². The number of hydrogen-bond donors (Lipinski definition) is 2. The molecule has 2 aromatic carbocycles. The molecule has 0 saturated carbocycles. The zero-order chi connectivity index (χ0) is 20.7. The van der Waals surface area contributed by atoms with Gasteiger partial charge in [-0.05, 0) is 37.1 Å². The molecule has 5 nitrogen and oxygen atoms in total. The quantitative estimate of drug-likeness (QED) is 0.715. The Hall–Kier alpha value is -2.96. The molecule has 0 radical (unpaired) electrons. The van der Waals surface area contributed by atoms with Crippen molar-refractivity contribution in [1.29, 1.82) is 0 Å². The molecule has 0 saturated heterocycles. The monoisotopic (exact) mass is 390 g/mol. The van der Waals surface area contributed by atoms with Gasteiger partial charge in [-0.2, -0.15) is 8.78 Å². The van der Waals surface area contributed by atoms with E-state index in [1.165, 1.54) is 19.1 Å². The zero-order valence-electron chi connectivity index (χ0n) is 16.0. The average molecular weight is 390 g/mol. The van der Waals surface area contributed by atoms with E-state index in [0.29, 0.717) is 0 Å². The van der Waals surface area contributed by atoms with E-state index in [1.807, 2.05) is 31.2 Å². The van der Waals surface area contributed by atoms with Crippen LogP contribution < -0.4 is 15.4 Å². The highest BCUT2D eigenvalue weighted by molar-refractivity contribution is 5.79. The molecule has 0 bridgehead atoms. The summed E-state index contributed by atoms with van der Waals surface area (Å²) in [6, 6.07) is 12.9. The van der Waals surface area contributed by atoms with Gasteiger partial charge < -0.3 is 15.4 Å². The van der Waals surface area contributed by atoms with E-state index in [0.717, 1.165) is 16.7 Å². The molecule has 0 aliphatic heterocycles. The smallest absolute Gasteiger partial charge is 0.387 e. The van der Waals surface area contributed by atoms with Crippen molar-refractivity contribution in [3.8, 4) is 5.75 Å². The summed E-state index contributed by atoms with van der Waals surface area (Å²) in [5.41, 5.74) is 2.68. The molecule has 2 atom stereocenters. The molecular formula is C21H24F2N2O3. The Balaban J connectivity index is 2.00. The number of amides is 2. The third kappa shape index (κ3) is 6.64. The largest absolute Gasteiger partial charge is 0.435 e. The maximum absolute atomic E-state index is 12.5. The molecule has 2 unspecified atom stereocenters. The second kappa shape index (κ2) is 9.82. The van der Waals surface area contributed by atoms with E-state index in [2.05, 4.69) is 15.4 Å². The molecule has 0 heterocycles. The first-order valence-electron chi connectivity index (χ1n) is 8.92. The molecule has 0 spiro atoms. The van der Waals surface area contributed by atoms with Crippen LogP contribution in [0, 0.1) is 6.92 Å². The molecule has 28 heavy (non-hydrogen) atoms. The molecule has 0 aliphatic carbocycles. The van der Waals surface area contributed by atoms with Gasteiger partial charge in [0.25, 0.3) is 0 Å². The van der Waals surface area contributed by atoms with Gasteiger partial charge in [-0.25, -0.2) is 0 Å². The Morgan fingerprint density at radius 2 is 1.54 bits per heavy atom. The lowest BCUT2D eigenvalue weighted by atomic mass is 10.0. The average Bonchev–Trinajstić information content (AvgIpc) is 2.61. The molecule has 2 aromatic rings. The van der Waals surface area contributed by atoms with Crippen molar-refractivity contribution in [2.45, 2.75) is 45.9 Å². The summed E-state index contributed by atoms with van der Waals surface area (Å²) < 4.78 is 28.7. The van der Waals surface area contributed by atoms with Crippen LogP contribution in [0.5, 0.6) is 5.75 Å². The Morgan fingerprint density at radius 1 is 0.964 bits per heavy atom. The molecular weight excluding hydrogens is 366 g/mol. The Labute approximate surface area is 163 Å². The predicted octanol–water partition coefficient (Wildman–Crippen LogP) is 4.04. The van der Waals surface area contributed by atoms with Crippen LogP contribution in [0.4, 0.5) is 8.78 Å². The number of halogens is 2. The Kier molecular flexibility index (Phi) is 7.49. The number of carbonyl (C=O) groups excluding carboxylic acids is 2. The summed E-state index contributed by atoms with van der Waals surface area (Å²) in [6.45, 7) is 2.28. The number of rotatable bonds is 8. The Bertz CT molecular complexity index is 792. The summed E-state index contributed by atoms with van der Waals surface area (Å²) in [5.74, 6) is -0.400. The van der Waals surface area contributed by atoms with Crippen LogP contribution in [0.25, 0.3) is 0 Å². The van der Waals surface area contributed by atoms with Crippen LogP contribution in [0.1, 0.15) is 49.0 Å². The fourth-order valence-electron chi connectivity index (χ4n) is 2.80. The summed E-state index contributed by atoms with van der Waals surface area (Å²) >= 11 is 0. The van der Waals surface area contributed by atoms with E-state index in [1.54, 1.807) is 19.1 Å². The van der Waals surface area contributed by atoms with Gasteiger partial charge in [-0.15, -0.1) is 0 Å². The van der Waals surface area contributed by atoms with Crippen LogP contribution in [0.3, 0.4) is 0 Å². The van der Waals surface area contributed by atoms with Gasteiger partial charge in [-0.1, -0.05) is 42.0 Å².